The molecule has 0 amide bonds. The van der Waals surface area contributed by atoms with Gasteiger partial charge in [-0.25, -0.2) is 0 Å². The molecule has 4 aromatic rings. The van der Waals surface area contributed by atoms with Gasteiger partial charge in [0.1, 0.15) is 0 Å². The molecular weight excluding hydrogens is 396 g/mol. The van der Waals surface area contributed by atoms with Crippen LogP contribution < -0.4 is 0 Å². The lowest BCUT2D eigenvalue weighted by Crippen LogP contribution is -2.34. The Balaban J connectivity index is 1.51. The van der Waals surface area contributed by atoms with Crippen LogP contribution in [0.3, 0.4) is 0 Å². The first-order chi connectivity index (χ1) is 14.1. The second kappa shape index (κ2) is 8.99. The maximum absolute atomic E-state index is 11.4. The van der Waals surface area contributed by atoms with E-state index in [2.05, 4.69) is 52.1 Å². The first-order valence-electron chi connectivity index (χ1n) is 9.90. The lowest BCUT2D eigenvalue weighted by atomic mass is 9.87. The van der Waals surface area contributed by atoms with Crippen LogP contribution in [0.15, 0.2) is 72.8 Å². The van der Waals surface area contributed by atoms with Gasteiger partial charge in [-0.05, 0) is 52.7 Å². The Kier molecular flexibility index (Phi) is 6.19. The third-order valence-electron chi connectivity index (χ3n) is 4.97. The summed E-state index contributed by atoms with van der Waals surface area (Å²) in [6.07, 6.45) is 2.73. The van der Waals surface area contributed by atoms with Crippen LogP contribution in [0.5, 0.6) is 0 Å². The van der Waals surface area contributed by atoms with Gasteiger partial charge in [0.05, 0.1) is 26.7 Å². The van der Waals surface area contributed by atoms with Crippen molar-refractivity contribution < 1.29 is 5.11 Å². The van der Waals surface area contributed by atoms with Crippen molar-refractivity contribution in [3.8, 4) is 20.9 Å². The number of aromatic nitrogens is 2. The molecule has 0 aliphatic carbocycles. The van der Waals surface area contributed by atoms with Crippen LogP contribution in [0, 0.1) is 0 Å². The van der Waals surface area contributed by atoms with Gasteiger partial charge in [-0.1, -0.05) is 74.0 Å². The summed E-state index contributed by atoms with van der Waals surface area (Å²) in [6, 6.07) is 24.8. The number of rotatable bonds is 8. The van der Waals surface area contributed by atoms with Crippen LogP contribution in [0.2, 0.25) is 0 Å². The van der Waals surface area contributed by atoms with Crippen molar-refractivity contribution in [2.45, 2.75) is 38.2 Å². The molecule has 0 aliphatic heterocycles. The Labute approximate surface area is 180 Å². The predicted octanol–water partition coefficient (Wildman–Crippen LogP) is 6.25. The van der Waals surface area contributed by atoms with E-state index in [-0.39, 0.29) is 0 Å². The molecule has 148 valence electrons. The molecule has 5 heteroatoms. The summed E-state index contributed by atoms with van der Waals surface area (Å²) in [4.78, 5) is 2.28. The average Bonchev–Trinajstić information content (AvgIpc) is 3.39. The fraction of sp³-hybridized carbons (Fsp3) is 0.250. The third-order valence-corrected chi connectivity index (χ3v) is 6.72. The lowest BCUT2D eigenvalue weighted by molar-refractivity contribution is 0.0298. The minimum absolute atomic E-state index is 0.544. The van der Waals surface area contributed by atoms with E-state index < -0.39 is 5.60 Å². The SMILES string of the molecule is CCCC(O)(Cc1cc(-c2ccccc2)sn1)Cc1cc(-c2ccccc2)sn1. The number of aliphatic hydroxyl groups is 1. The Morgan fingerprint density at radius 2 is 1.21 bits per heavy atom. The number of hydrogen-bond donors (Lipinski definition) is 1. The molecule has 0 saturated heterocycles. The van der Waals surface area contributed by atoms with Gasteiger partial charge in [0, 0.05) is 12.8 Å². The van der Waals surface area contributed by atoms with E-state index in [0.29, 0.717) is 12.8 Å². The van der Waals surface area contributed by atoms with Gasteiger partial charge in [0.25, 0.3) is 0 Å². The van der Waals surface area contributed by atoms with Gasteiger partial charge in [-0.3, -0.25) is 0 Å². The molecule has 0 aliphatic rings. The van der Waals surface area contributed by atoms with Crippen molar-refractivity contribution in [2.24, 2.45) is 0 Å². The molecule has 3 nitrogen and oxygen atoms in total. The zero-order chi connectivity index (χ0) is 20.1. The monoisotopic (exact) mass is 420 g/mol. The molecule has 2 aromatic heterocycles. The smallest absolute Gasteiger partial charge is 0.0758 e. The van der Waals surface area contributed by atoms with E-state index in [0.717, 1.165) is 34.0 Å². The van der Waals surface area contributed by atoms with Gasteiger partial charge in [0.2, 0.25) is 0 Å². The summed E-state index contributed by atoms with van der Waals surface area (Å²) in [5.74, 6) is 0. The highest BCUT2D eigenvalue weighted by Crippen LogP contribution is 2.31. The lowest BCUT2D eigenvalue weighted by Gasteiger charge is -2.26. The maximum Gasteiger partial charge on any atom is 0.0758 e. The second-order valence-corrected chi connectivity index (χ2v) is 9.03. The molecule has 2 heterocycles. The van der Waals surface area contributed by atoms with E-state index >= 15 is 0 Å². The van der Waals surface area contributed by atoms with Crippen molar-refractivity contribution >= 4 is 23.1 Å². The van der Waals surface area contributed by atoms with E-state index in [1.54, 1.807) is 0 Å². The van der Waals surface area contributed by atoms with E-state index in [1.165, 1.54) is 34.2 Å². The number of hydrogen-bond acceptors (Lipinski definition) is 5. The van der Waals surface area contributed by atoms with Gasteiger partial charge >= 0.3 is 0 Å². The molecule has 0 unspecified atom stereocenters. The van der Waals surface area contributed by atoms with Gasteiger partial charge in [-0.2, -0.15) is 8.75 Å². The van der Waals surface area contributed by atoms with Crippen LogP contribution in [-0.2, 0) is 12.8 Å². The third kappa shape index (κ3) is 4.99. The quantitative estimate of drug-likeness (QED) is 0.366. The highest BCUT2D eigenvalue weighted by atomic mass is 32.1. The minimum atomic E-state index is -0.835. The molecule has 1 N–H and O–H groups in total. The Morgan fingerprint density at radius 3 is 1.62 bits per heavy atom. The summed E-state index contributed by atoms with van der Waals surface area (Å²) in [6.45, 7) is 2.11. The van der Waals surface area contributed by atoms with Gasteiger partial charge in [-0.15, -0.1) is 0 Å². The Bertz CT molecular complexity index is 961. The normalized spacial score (nSPS) is 11.7. The first kappa shape index (κ1) is 20.0. The zero-order valence-corrected chi connectivity index (χ0v) is 18.0. The van der Waals surface area contributed by atoms with Crippen molar-refractivity contribution in [1.29, 1.82) is 0 Å². The van der Waals surface area contributed by atoms with Crippen molar-refractivity contribution in [2.75, 3.05) is 0 Å². The van der Waals surface area contributed by atoms with E-state index in [1.807, 2.05) is 36.4 Å². The molecular formula is C24H24N2OS2. The molecule has 0 radical (unpaired) electrons. The van der Waals surface area contributed by atoms with Crippen molar-refractivity contribution in [3.63, 3.8) is 0 Å². The Morgan fingerprint density at radius 1 is 0.759 bits per heavy atom. The summed E-state index contributed by atoms with van der Waals surface area (Å²) in [7, 11) is 0. The largest absolute Gasteiger partial charge is 0.389 e. The minimum Gasteiger partial charge on any atom is -0.389 e. The highest BCUT2D eigenvalue weighted by molar-refractivity contribution is 7.09. The number of nitrogens with zero attached hydrogens (tertiary/aromatic N) is 2. The number of benzene rings is 2. The molecule has 0 saturated carbocycles. The topological polar surface area (TPSA) is 46.0 Å². The van der Waals surface area contributed by atoms with Crippen LogP contribution in [-0.4, -0.2) is 19.5 Å². The van der Waals surface area contributed by atoms with Gasteiger partial charge in [0.15, 0.2) is 0 Å². The first-order valence-corrected chi connectivity index (χ1v) is 11.4. The molecule has 0 fully saturated rings. The van der Waals surface area contributed by atoms with E-state index in [9.17, 15) is 5.11 Å². The molecule has 4 rings (SSSR count). The van der Waals surface area contributed by atoms with Crippen molar-refractivity contribution in [3.05, 3.63) is 84.2 Å². The van der Waals surface area contributed by atoms with Crippen molar-refractivity contribution in [1.82, 2.24) is 8.75 Å². The van der Waals surface area contributed by atoms with Crippen LogP contribution in [0.1, 0.15) is 31.2 Å². The van der Waals surface area contributed by atoms with Crippen LogP contribution in [0.25, 0.3) is 20.9 Å². The summed E-state index contributed by atoms with van der Waals surface area (Å²) in [5, 5.41) is 11.4. The van der Waals surface area contributed by atoms with Gasteiger partial charge < -0.3 is 5.11 Å². The standard InChI is InChI=1S/C24H24N2OS2/c1-2-13-24(27,16-20-14-22(28-25-20)18-9-5-3-6-10-18)17-21-15-23(29-26-21)19-11-7-4-8-12-19/h3-12,14-15,27H,2,13,16-17H2,1H3. The van der Waals surface area contributed by atoms with Crippen LogP contribution >= 0.6 is 23.1 Å². The zero-order valence-electron chi connectivity index (χ0n) is 16.4. The molecule has 0 spiro atoms. The highest BCUT2D eigenvalue weighted by Gasteiger charge is 2.29. The molecule has 2 aromatic carbocycles. The summed E-state index contributed by atoms with van der Waals surface area (Å²) in [5.41, 5.74) is 3.40. The molecule has 29 heavy (non-hydrogen) atoms. The second-order valence-electron chi connectivity index (χ2n) is 7.42. The fourth-order valence-corrected chi connectivity index (χ4v) is 5.17. The summed E-state index contributed by atoms with van der Waals surface area (Å²) < 4.78 is 9.24. The molecule has 0 bridgehead atoms. The Hall–Kier alpha value is -2.34. The predicted molar refractivity (Wildman–Crippen MR) is 122 cm³/mol. The average molecular weight is 421 g/mol. The molecule has 0 atom stereocenters. The fourth-order valence-electron chi connectivity index (χ4n) is 3.65. The van der Waals surface area contributed by atoms with Crippen LogP contribution in [0.4, 0.5) is 0 Å². The summed E-state index contributed by atoms with van der Waals surface area (Å²) >= 11 is 2.99. The maximum atomic E-state index is 11.4. The van der Waals surface area contributed by atoms with E-state index in [4.69, 9.17) is 0 Å².